The van der Waals surface area contributed by atoms with Crippen LogP contribution in [0.1, 0.15) is 78.1 Å². The number of benzene rings is 3. The average molecular weight is 707 g/mol. The summed E-state index contributed by atoms with van der Waals surface area (Å²) >= 11 is 3.33. The smallest absolute Gasteiger partial charge is 0.270 e. The van der Waals surface area contributed by atoms with Crippen LogP contribution in [0.3, 0.4) is 0 Å². The van der Waals surface area contributed by atoms with Crippen molar-refractivity contribution in [3.8, 4) is 20.9 Å². The molecule has 50 heavy (non-hydrogen) atoms. The number of hydrogen-bond donors (Lipinski definition) is 0. The number of hydrogen-bond acceptors (Lipinski definition) is 6. The number of rotatable bonds is 16. The van der Waals surface area contributed by atoms with Gasteiger partial charge < -0.3 is 9.13 Å². The number of aromatic nitrogens is 2. The Bertz CT molecular complexity index is 2150. The Balaban J connectivity index is 1.68. The average Bonchev–Trinajstić information content (AvgIpc) is 3.94. The lowest BCUT2D eigenvalue weighted by Crippen LogP contribution is -2.02. The first-order chi connectivity index (χ1) is 24.4. The number of unbranched alkanes of at least 4 members (excludes halogenated alkanes) is 8. The fourth-order valence-electron chi connectivity index (χ4n) is 7.71. The molecule has 0 N–H and O–H groups in total. The highest BCUT2D eigenvalue weighted by atomic mass is 32.1. The molecule has 3 aromatic carbocycles. The molecular weight excluding hydrogens is 665 g/mol. The van der Waals surface area contributed by atoms with Gasteiger partial charge in [-0.25, -0.2) is 0 Å². The summed E-state index contributed by atoms with van der Waals surface area (Å²) in [7, 11) is 0. The van der Waals surface area contributed by atoms with Gasteiger partial charge in [0.25, 0.3) is 11.4 Å². The highest BCUT2D eigenvalue weighted by molar-refractivity contribution is 7.14. The van der Waals surface area contributed by atoms with Crippen LogP contribution in [0.15, 0.2) is 71.4 Å². The summed E-state index contributed by atoms with van der Waals surface area (Å²) in [4.78, 5) is 26.0. The number of fused-ring (bicyclic) bond motifs is 6. The maximum atomic E-state index is 12.2. The van der Waals surface area contributed by atoms with Crippen molar-refractivity contribution in [3.05, 3.63) is 91.7 Å². The van der Waals surface area contributed by atoms with Crippen LogP contribution in [-0.4, -0.2) is 19.0 Å². The van der Waals surface area contributed by atoms with Gasteiger partial charge in [-0.2, -0.15) is 0 Å². The SMILES string of the molecule is CCCCCCCn1c2ccc([N+](=O)[O-])cc2c2c(-c3cccs3)c3c(c(-c4cccs4)c21)c1cc([N+](=O)[O-])ccc1n3CCCCCCC. The lowest BCUT2D eigenvalue weighted by atomic mass is 9.94. The van der Waals surface area contributed by atoms with Crippen LogP contribution in [0.25, 0.3) is 64.5 Å². The molecule has 8 nitrogen and oxygen atoms in total. The van der Waals surface area contributed by atoms with Gasteiger partial charge in [-0.15, -0.1) is 22.7 Å². The lowest BCUT2D eigenvalue weighted by molar-refractivity contribution is -0.384. The van der Waals surface area contributed by atoms with Gasteiger partial charge in [-0.05, 0) is 47.9 Å². The molecule has 0 bridgehead atoms. The van der Waals surface area contributed by atoms with Crippen molar-refractivity contribution in [2.45, 2.75) is 91.1 Å². The molecule has 0 fully saturated rings. The molecule has 0 aliphatic heterocycles. The Hall–Kier alpha value is -4.54. The van der Waals surface area contributed by atoms with Crippen LogP contribution in [-0.2, 0) is 13.1 Å². The molecule has 0 spiro atoms. The first kappa shape index (κ1) is 33.9. The second kappa shape index (κ2) is 14.7. The quantitative estimate of drug-likeness (QED) is 0.0567. The number of thiophene rings is 2. The summed E-state index contributed by atoms with van der Waals surface area (Å²) < 4.78 is 4.77. The number of non-ortho nitro benzene ring substituents is 2. The molecule has 10 heteroatoms. The monoisotopic (exact) mass is 706 g/mol. The minimum absolute atomic E-state index is 0.0708. The van der Waals surface area contributed by atoms with Gasteiger partial charge in [0.15, 0.2) is 0 Å². The van der Waals surface area contributed by atoms with Gasteiger partial charge >= 0.3 is 0 Å². The Morgan fingerprint density at radius 2 is 1.00 bits per heavy atom. The van der Waals surface area contributed by atoms with E-state index in [0.717, 1.165) is 116 Å². The maximum absolute atomic E-state index is 12.2. The van der Waals surface area contributed by atoms with Crippen molar-refractivity contribution in [1.29, 1.82) is 0 Å². The highest BCUT2D eigenvalue weighted by Gasteiger charge is 2.30. The zero-order valence-corrected chi connectivity index (χ0v) is 30.3. The Labute approximate surface area is 299 Å². The van der Waals surface area contributed by atoms with Gasteiger partial charge in [0.1, 0.15) is 0 Å². The standard InChI is InChI=1S/C40H42N4O4S2/c1-3-5-7-9-11-21-41-31-19-17-27(43(45)46)25-29(31)35-38(34-16-14-24-50-34)40-36(37(39(35)41)33-15-13-23-49-33)30-26-28(44(47)48)18-20-32(30)42(40)22-12-10-8-6-4-2/h13-20,23-26H,3-12,21-22H2,1-2H3. The van der Waals surface area contributed by atoms with Gasteiger partial charge in [-0.3, -0.25) is 20.2 Å². The topological polar surface area (TPSA) is 96.1 Å². The number of nitro groups is 2. The van der Waals surface area contributed by atoms with Crippen molar-refractivity contribution in [1.82, 2.24) is 9.13 Å². The van der Waals surface area contributed by atoms with Crippen molar-refractivity contribution in [2.24, 2.45) is 0 Å². The molecule has 0 aliphatic carbocycles. The largest absolute Gasteiger partial charge is 0.340 e. The first-order valence-electron chi connectivity index (χ1n) is 17.9. The maximum Gasteiger partial charge on any atom is 0.270 e. The van der Waals surface area contributed by atoms with Crippen LogP contribution in [0, 0.1) is 20.2 Å². The second-order valence-electron chi connectivity index (χ2n) is 13.2. The molecule has 0 radical (unpaired) electrons. The normalized spacial score (nSPS) is 11.9. The first-order valence-corrected chi connectivity index (χ1v) is 19.6. The molecule has 7 aromatic rings. The summed E-state index contributed by atoms with van der Waals surface area (Å²) in [6.07, 6.45) is 11.2. The predicted octanol–water partition coefficient (Wildman–Crippen LogP) is 13.1. The van der Waals surface area contributed by atoms with Gasteiger partial charge in [0.05, 0.1) is 20.9 Å². The number of nitro benzene ring substituents is 2. The Morgan fingerprint density at radius 1 is 0.580 bits per heavy atom. The van der Waals surface area contributed by atoms with E-state index in [4.69, 9.17) is 0 Å². The van der Waals surface area contributed by atoms with Crippen molar-refractivity contribution in [2.75, 3.05) is 0 Å². The van der Waals surface area contributed by atoms with Crippen molar-refractivity contribution in [3.63, 3.8) is 0 Å². The van der Waals surface area contributed by atoms with E-state index in [1.807, 2.05) is 12.1 Å². The molecule has 4 aromatic heterocycles. The summed E-state index contributed by atoms with van der Waals surface area (Å²) in [5.74, 6) is 0. The molecule has 258 valence electrons. The van der Waals surface area contributed by atoms with Crippen molar-refractivity contribution < 1.29 is 9.85 Å². The van der Waals surface area contributed by atoms with E-state index < -0.39 is 0 Å². The molecule has 4 heterocycles. The summed E-state index contributed by atoms with van der Waals surface area (Å²) in [5, 5.41) is 32.4. The van der Waals surface area contributed by atoms with Crippen molar-refractivity contribution >= 4 is 77.7 Å². The zero-order valence-electron chi connectivity index (χ0n) is 28.7. The minimum Gasteiger partial charge on any atom is -0.340 e. The van der Waals surface area contributed by atoms with E-state index in [1.165, 1.54) is 25.7 Å². The summed E-state index contributed by atoms with van der Waals surface area (Å²) in [6, 6.07) is 19.0. The molecule has 0 amide bonds. The third-order valence-electron chi connectivity index (χ3n) is 9.99. The molecule has 0 atom stereocenters. The highest BCUT2D eigenvalue weighted by Crippen LogP contribution is 2.52. The lowest BCUT2D eigenvalue weighted by Gasteiger charge is -2.17. The molecule has 0 unspecified atom stereocenters. The number of aryl methyl sites for hydroxylation is 2. The fraction of sp³-hybridized carbons (Fsp3) is 0.350. The van der Waals surface area contributed by atoms with E-state index in [-0.39, 0.29) is 21.2 Å². The van der Waals surface area contributed by atoms with Gasteiger partial charge in [-0.1, -0.05) is 77.3 Å². The number of nitrogens with zero attached hydrogens (tertiary/aromatic N) is 4. The third-order valence-corrected chi connectivity index (χ3v) is 11.8. The van der Waals surface area contributed by atoms with E-state index >= 15 is 0 Å². The molecule has 0 aliphatic rings. The van der Waals surface area contributed by atoms with Crippen LogP contribution < -0.4 is 0 Å². The summed E-state index contributed by atoms with van der Waals surface area (Å²) in [5.41, 5.74) is 6.28. The van der Waals surface area contributed by atoms with Gasteiger partial charge in [0, 0.05) is 90.8 Å². The molecule has 0 saturated carbocycles. The summed E-state index contributed by atoms with van der Waals surface area (Å²) in [6.45, 7) is 5.98. The van der Waals surface area contributed by atoms with E-state index in [1.54, 1.807) is 46.9 Å². The fourth-order valence-corrected chi connectivity index (χ4v) is 9.26. The van der Waals surface area contributed by atoms with Crippen LogP contribution in [0.5, 0.6) is 0 Å². The van der Waals surface area contributed by atoms with Crippen LogP contribution in [0.2, 0.25) is 0 Å². The van der Waals surface area contributed by atoms with E-state index in [9.17, 15) is 20.2 Å². The Morgan fingerprint density at radius 3 is 1.36 bits per heavy atom. The predicted molar refractivity (Wildman–Crippen MR) is 210 cm³/mol. The Kier molecular flexibility index (Phi) is 10.0. The second-order valence-corrected chi connectivity index (χ2v) is 15.1. The molecular formula is C40H42N4O4S2. The van der Waals surface area contributed by atoms with Gasteiger partial charge in [0.2, 0.25) is 0 Å². The van der Waals surface area contributed by atoms with Crippen LogP contribution >= 0.6 is 22.7 Å². The molecule has 0 saturated heterocycles. The van der Waals surface area contributed by atoms with E-state index in [0.29, 0.717) is 0 Å². The third kappa shape index (κ3) is 6.09. The van der Waals surface area contributed by atoms with Crippen LogP contribution in [0.4, 0.5) is 11.4 Å². The van der Waals surface area contributed by atoms with E-state index in [2.05, 4.69) is 58.0 Å². The zero-order chi connectivity index (χ0) is 34.8. The minimum atomic E-state index is -0.302. The molecule has 7 rings (SSSR count).